The van der Waals surface area contributed by atoms with Gasteiger partial charge in [-0.2, -0.15) is 9.78 Å². The van der Waals surface area contributed by atoms with Crippen molar-refractivity contribution in [3.05, 3.63) is 83.4 Å². The number of benzene rings is 2. The Bertz CT molecular complexity index is 1040. The molecular formula is C20H16N4OS. The van der Waals surface area contributed by atoms with Gasteiger partial charge in [0.15, 0.2) is 0 Å². The lowest BCUT2D eigenvalue weighted by molar-refractivity contribution is 0.102. The number of anilines is 1. The SMILES string of the molecule is Cc1cc(NC(=O)c2ccccc2)n(-c2nc(-c3ccccc3)cs2)n1. The lowest BCUT2D eigenvalue weighted by Gasteiger charge is -2.06. The first kappa shape index (κ1) is 16.2. The molecule has 2 heterocycles. The van der Waals surface area contributed by atoms with Crippen LogP contribution in [-0.2, 0) is 0 Å². The second-order valence-corrected chi connectivity index (χ2v) is 6.62. The highest BCUT2D eigenvalue weighted by atomic mass is 32.1. The molecule has 0 aliphatic heterocycles. The maximum Gasteiger partial charge on any atom is 0.256 e. The Kier molecular flexibility index (Phi) is 4.33. The van der Waals surface area contributed by atoms with Gasteiger partial charge in [-0.15, -0.1) is 11.3 Å². The van der Waals surface area contributed by atoms with E-state index in [2.05, 4.69) is 15.4 Å². The van der Waals surface area contributed by atoms with E-state index >= 15 is 0 Å². The fraction of sp³-hybridized carbons (Fsp3) is 0.0500. The van der Waals surface area contributed by atoms with Gasteiger partial charge in [-0.25, -0.2) is 4.98 Å². The second-order valence-electron chi connectivity index (χ2n) is 5.78. The van der Waals surface area contributed by atoms with E-state index in [9.17, 15) is 4.79 Å². The summed E-state index contributed by atoms with van der Waals surface area (Å²) in [6, 6.07) is 20.9. The van der Waals surface area contributed by atoms with E-state index in [1.165, 1.54) is 11.3 Å². The molecule has 6 heteroatoms. The summed E-state index contributed by atoms with van der Waals surface area (Å²) < 4.78 is 1.67. The first-order valence-corrected chi connectivity index (χ1v) is 9.03. The molecule has 26 heavy (non-hydrogen) atoms. The molecule has 5 nitrogen and oxygen atoms in total. The molecule has 0 atom stereocenters. The smallest absolute Gasteiger partial charge is 0.256 e. The lowest BCUT2D eigenvalue weighted by atomic mass is 10.2. The van der Waals surface area contributed by atoms with Crippen molar-refractivity contribution in [1.29, 1.82) is 0 Å². The van der Waals surface area contributed by atoms with Crippen molar-refractivity contribution < 1.29 is 4.79 Å². The number of hydrogen-bond acceptors (Lipinski definition) is 4. The minimum Gasteiger partial charge on any atom is -0.306 e. The number of amides is 1. The van der Waals surface area contributed by atoms with Gasteiger partial charge >= 0.3 is 0 Å². The fourth-order valence-electron chi connectivity index (χ4n) is 2.62. The highest BCUT2D eigenvalue weighted by molar-refractivity contribution is 7.12. The Morgan fingerprint density at radius 2 is 1.73 bits per heavy atom. The summed E-state index contributed by atoms with van der Waals surface area (Å²) >= 11 is 1.49. The van der Waals surface area contributed by atoms with Gasteiger partial charge in [-0.05, 0) is 19.1 Å². The summed E-state index contributed by atoms with van der Waals surface area (Å²) in [5.41, 5.74) is 3.35. The first-order valence-electron chi connectivity index (χ1n) is 8.15. The normalized spacial score (nSPS) is 10.7. The number of nitrogens with zero attached hydrogens (tertiary/aromatic N) is 3. The molecule has 128 valence electrons. The predicted octanol–water partition coefficient (Wildman–Crippen LogP) is 4.56. The summed E-state index contributed by atoms with van der Waals surface area (Å²) in [5, 5.41) is 10.1. The van der Waals surface area contributed by atoms with E-state index in [1.807, 2.05) is 66.9 Å². The molecule has 0 radical (unpaired) electrons. The van der Waals surface area contributed by atoms with Crippen molar-refractivity contribution in [2.24, 2.45) is 0 Å². The quantitative estimate of drug-likeness (QED) is 0.580. The fourth-order valence-corrected chi connectivity index (χ4v) is 3.41. The summed E-state index contributed by atoms with van der Waals surface area (Å²) in [5.74, 6) is 0.428. The zero-order valence-electron chi connectivity index (χ0n) is 14.1. The Morgan fingerprint density at radius 3 is 2.46 bits per heavy atom. The minimum atomic E-state index is -0.174. The van der Waals surface area contributed by atoms with Gasteiger partial charge in [0, 0.05) is 22.6 Å². The maximum absolute atomic E-state index is 12.5. The molecule has 4 rings (SSSR count). The van der Waals surface area contributed by atoms with Crippen LogP contribution in [0.2, 0.25) is 0 Å². The topological polar surface area (TPSA) is 59.8 Å². The van der Waals surface area contributed by atoms with Crippen molar-refractivity contribution in [3.63, 3.8) is 0 Å². The van der Waals surface area contributed by atoms with Crippen LogP contribution in [0, 0.1) is 6.92 Å². The molecule has 1 N–H and O–H groups in total. The summed E-state index contributed by atoms with van der Waals surface area (Å²) in [6.45, 7) is 1.89. The first-order chi connectivity index (χ1) is 12.7. The van der Waals surface area contributed by atoms with Crippen LogP contribution in [0.1, 0.15) is 16.1 Å². The van der Waals surface area contributed by atoms with E-state index in [-0.39, 0.29) is 5.91 Å². The Hall–Kier alpha value is -3.25. The van der Waals surface area contributed by atoms with E-state index in [1.54, 1.807) is 16.8 Å². The third-order valence-electron chi connectivity index (χ3n) is 3.85. The molecule has 0 fully saturated rings. The van der Waals surface area contributed by atoms with E-state index in [4.69, 9.17) is 0 Å². The predicted molar refractivity (Wildman–Crippen MR) is 104 cm³/mol. The van der Waals surface area contributed by atoms with Crippen LogP contribution in [0.3, 0.4) is 0 Å². The van der Waals surface area contributed by atoms with Gasteiger partial charge in [-0.3, -0.25) is 4.79 Å². The number of nitrogens with one attached hydrogen (secondary N) is 1. The summed E-state index contributed by atoms with van der Waals surface area (Å²) in [6.07, 6.45) is 0. The van der Waals surface area contributed by atoms with E-state index < -0.39 is 0 Å². The largest absolute Gasteiger partial charge is 0.306 e. The maximum atomic E-state index is 12.5. The average molecular weight is 360 g/mol. The highest BCUT2D eigenvalue weighted by Crippen LogP contribution is 2.26. The van der Waals surface area contributed by atoms with Crippen molar-refractivity contribution >= 4 is 23.1 Å². The van der Waals surface area contributed by atoms with Gasteiger partial charge in [0.2, 0.25) is 5.13 Å². The number of rotatable bonds is 4. The van der Waals surface area contributed by atoms with Crippen LogP contribution in [0.25, 0.3) is 16.4 Å². The van der Waals surface area contributed by atoms with Crippen LogP contribution in [-0.4, -0.2) is 20.7 Å². The molecule has 2 aromatic heterocycles. The zero-order chi connectivity index (χ0) is 17.9. The number of carbonyl (C=O) groups excluding carboxylic acids is 1. The van der Waals surface area contributed by atoms with Crippen LogP contribution in [0.4, 0.5) is 5.82 Å². The Morgan fingerprint density at radius 1 is 1.04 bits per heavy atom. The zero-order valence-corrected chi connectivity index (χ0v) is 14.9. The van der Waals surface area contributed by atoms with Gasteiger partial charge in [0.1, 0.15) is 5.82 Å². The van der Waals surface area contributed by atoms with Crippen LogP contribution < -0.4 is 5.32 Å². The molecule has 0 saturated carbocycles. The second kappa shape index (κ2) is 6.93. The van der Waals surface area contributed by atoms with Crippen molar-refractivity contribution in [3.8, 4) is 16.4 Å². The summed E-state index contributed by atoms with van der Waals surface area (Å²) in [7, 11) is 0. The molecular weight excluding hydrogens is 344 g/mol. The average Bonchev–Trinajstić information content (AvgIpc) is 3.30. The third kappa shape index (κ3) is 3.27. The molecule has 0 spiro atoms. The van der Waals surface area contributed by atoms with Crippen LogP contribution in [0.15, 0.2) is 72.1 Å². The molecule has 0 aliphatic carbocycles. The number of aryl methyl sites for hydroxylation is 1. The van der Waals surface area contributed by atoms with E-state index in [0.29, 0.717) is 16.5 Å². The van der Waals surface area contributed by atoms with Crippen LogP contribution in [0.5, 0.6) is 0 Å². The van der Waals surface area contributed by atoms with Gasteiger partial charge in [0.25, 0.3) is 5.91 Å². The Labute approximate surface area is 155 Å². The molecule has 0 unspecified atom stereocenters. The lowest BCUT2D eigenvalue weighted by Crippen LogP contribution is -2.14. The van der Waals surface area contributed by atoms with Gasteiger partial charge in [-0.1, -0.05) is 48.5 Å². The minimum absolute atomic E-state index is 0.174. The van der Waals surface area contributed by atoms with Crippen molar-refractivity contribution in [2.45, 2.75) is 6.92 Å². The monoisotopic (exact) mass is 360 g/mol. The third-order valence-corrected chi connectivity index (χ3v) is 4.67. The standard InChI is InChI=1S/C20H16N4OS/c1-14-12-18(22-19(25)16-10-6-3-7-11-16)24(23-14)20-21-17(13-26-20)15-8-4-2-5-9-15/h2-13H,1H3,(H,22,25). The molecule has 2 aromatic carbocycles. The highest BCUT2D eigenvalue weighted by Gasteiger charge is 2.15. The summed E-state index contributed by atoms with van der Waals surface area (Å²) in [4.78, 5) is 17.1. The number of hydrogen-bond donors (Lipinski definition) is 1. The van der Waals surface area contributed by atoms with Crippen molar-refractivity contribution in [1.82, 2.24) is 14.8 Å². The number of carbonyl (C=O) groups is 1. The molecule has 4 aromatic rings. The molecule has 0 bridgehead atoms. The Balaban J connectivity index is 1.64. The van der Waals surface area contributed by atoms with Crippen molar-refractivity contribution in [2.75, 3.05) is 5.32 Å². The number of aromatic nitrogens is 3. The van der Waals surface area contributed by atoms with Gasteiger partial charge < -0.3 is 5.32 Å². The molecule has 0 aliphatic rings. The van der Waals surface area contributed by atoms with Gasteiger partial charge in [0.05, 0.1) is 11.4 Å². The molecule has 0 saturated heterocycles. The van der Waals surface area contributed by atoms with Crippen LogP contribution >= 0.6 is 11.3 Å². The number of thiazole rings is 1. The molecule has 1 amide bonds. The van der Waals surface area contributed by atoms with E-state index in [0.717, 1.165) is 17.0 Å².